The van der Waals surface area contributed by atoms with Gasteiger partial charge in [0.05, 0.1) is 20.0 Å². The number of carbonyl (C=O) groups is 2. The smallest absolute Gasteiger partial charge is 0.313 e. The number of hydrogen-bond donors (Lipinski definition) is 2. The number of hydrogen-bond acceptors (Lipinski definition) is 4. The second-order valence-corrected chi connectivity index (χ2v) is 3.83. The molecule has 0 spiro atoms. The van der Waals surface area contributed by atoms with E-state index in [2.05, 4.69) is 17.2 Å². The van der Waals surface area contributed by atoms with Gasteiger partial charge in [-0.1, -0.05) is 12.6 Å². The number of anilines is 1. The Bertz CT molecular complexity index is 474. The van der Waals surface area contributed by atoms with Gasteiger partial charge in [-0.25, -0.2) is 0 Å². The van der Waals surface area contributed by atoms with Crippen LogP contribution in [-0.4, -0.2) is 32.1 Å². The third kappa shape index (κ3) is 5.43. The average molecular weight is 278 g/mol. The highest BCUT2D eigenvalue weighted by atomic mass is 16.5. The number of benzene rings is 1. The molecule has 0 unspecified atom stereocenters. The van der Waals surface area contributed by atoms with E-state index >= 15 is 0 Å². The zero-order valence-electron chi connectivity index (χ0n) is 11.3. The summed E-state index contributed by atoms with van der Waals surface area (Å²) in [6, 6.07) is 6.77. The summed E-state index contributed by atoms with van der Waals surface area (Å²) in [5.74, 6) is -0.806. The van der Waals surface area contributed by atoms with Gasteiger partial charge in [-0.3, -0.25) is 9.59 Å². The molecule has 0 atom stereocenters. The van der Waals surface area contributed by atoms with Gasteiger partial charge in [0.15, 0.2) is 0 Å². The zero-order chi connectivity index (χ0) is 14.8. The van der Waals surface area contributed by atoms with E-state index in [4.69, 9.17) is 9.47 Å². The normalized spacial score (nSPS) is 9.45. The van der Waals surface area contributed by atoms with Gasteiger partial charge >= 0.3 is 11.8 Å². The Hall–Kier alpha value is -2.50. The molecule has 0 saturated carbocycles. The maximum Gasteiger partial charge on any atom is 0.313 e. The summed E-state index contributed by atoms with van der Waals surface area (Å²) in [4.78, 5) is 23.1. The number of carbonyl (C=O) groups excluding carboxylic acids is 2. The molecule has 6 nitrogen and oxygen atoms in total. The van der Waals surface area contributed by atoms with Gasteiger partial charge in [-0.2, -0.15) is 0 Å². The van der Waals surface area contributed by atoms with E-state index in [-0.39, 0.29) is 0 Å². The molecule has 2 N–H and O–H groups in total. The Balaban J connectivity index is 2.37. The second-order valence-electron chi connectivity index (χ2n) is 3.83. The van der Waals surface area contributed by atoms with Crippen molar-refractivity contribution in [2.24, 2.45) is 0 Å². The molecule has 0 radical (unpaired) electrons. The van der Waals surface area contributed by atoms with Crippen LogP contribution in [0, 0.1) is 0 Å². The Morgan fingerprint density at radius 1 is 1.35 bits per heavy atom. The lowest BCUT2D eigenvalue weighted by Gasteiger charge is -2.07. The van der Waals surface area contributed by atoms with E-state index in [1.54, 1.807) is 24.3 Å². The molecule has 0 aliphatic heterocycles. The van der Waals surface area contributed by atoms with Gasteiger partial charge < -0.3 is 20.1 Å². The summed E-state index contributed by atoms with van der Waals surface area (Å²) in [7, 11) is 1.53. The van der Waals surface area contributed by atoms with Crippen LogP contribution in [-0.2, 0) is 14.3 Å². The molecular formula is C14H18N2O4. The Labute approximate surface area is 117 Å². The molecule has 0 bridgehead atoms. The van der Waals surface area contributed by atoms with Gasteiger partial charge in [-0.15, -0.1) is 0 Å². The molecular weight excluding hydrogens is 260 g/mol. The van der Waals surface area contributed by atoms with Crippen LogP contribution >= 0.6 is 0 Å². The molecule has 1 aromatic rings. The molecule has 20 heavy (non-hydrogen) atoms. The van der Waals surface area contributed by atoms with E-state index in [0.29, 0.717) is 31.0 Å². The summed E-state index contributed by atoms with van der Waals surface area (Å²) in [6.07, 6.45) is 1.93. The van der Waals surface area contributed by atoms with Crippen LogP contribution in [0.15, 0.2) is 37.1 Å². The summed E-state index contributed by atoms with van der Waals surface area (Å²) in [5.41, 5.74) is 0.500. The van der Waals surface area contributed by atoms with E-state index in [9.17, 15) is 9.59 Å². The largest absolute Gasteiger partial charge is 0.502 e. The third-order valence-corrected chi connectivity index (χ3v) is 2.38. The van der Waals surface area contributed by atoms with Crippen LogP contribution in [0.5, 0.6) is 5.75 Å². The van der Waals surface area contributed by atoms with E-state index in [1.165, 1.54) is 13.4 Å². The Morgan fingerprint density at radius 2 is 2.15 bits per heavy atom. The maximum absolute atomic E-state index is 11.6. The van der Waals surface area contributed by atoms with Crippen LogP contribution in [0.3, 0.4) is 0 Å². The molecule has 1 rings (SSSR count). The van der Waals surface area contributed by atoms with Crippen molar-refractivity contribution in [3.8, 4) is 5.75 Å². The fourth-order valence-electron chi connectivity index (χ4n) is 1.41. The fourth-order valence-corrected chi connectivity index (χ4v) is 1.41. The first-order chi connectivity index (χ1) is 9.67. The predicted octanol–water partition coefficient (Wildman–Crippen LogP) is 1.30. The molecule has 1 aromatic carbocycles. The third-order valence-electron chi connectivity index (χ3n) is 2.38. The van der Waals surface area contributed by atoms with Crippen LogP contribution in [0.4, 0.5) is 5.69 Å². The Kier molecular flexibility index (Phi) is 6.67. The number of methoxy groups -OCH3 is 1. The first kappa shape index (κ1) is 15.6. The zero-order valence-corrected chi connectivity index (χ0v) is 11.3. The Morgan fingerprint density at radius 3 is 2.85 bits per heavy atom. The van der Waals surface area contributed by atoms with Crippen molar-refractivity contribution in [2.75, 3.05) is 25.6 Å². The molecule has 2 amide bonds. The van der Waals surface area contributed by atoms with Gasteiger partial charge in [0.1, 0.15) is 5.75 Å². The number of rotatable bonds is 7. The monoisotopic (exact) mass is 278 g/mol. The molecule has 0 aliphatic carbocycles. The number of nitrogens with one attached hydrogen (secondary N) is 2. The molecule has 0 aromatic heterocycles. The first-order valence-electron chi connectivity index (χ1n) is 6.13. The van der Waals surface area contributed by atoms with Crippen molar-refractivity contribution in [2.45, 2.75) is 6.42 Å². The van der Waals surface area contributed by atoms with Gasteiger partial charge in [0.2, 0.25) is 0 Å². The maximum atomic E-state index is 11.6. The minimum Gasteiger partial charge on any atom is -0.502 e. The van der Waals surface area contributed by atoms with Crippen LogP contribution in [0.2, 0.25) is 0 Å². The lowest BCUT2D eigenvalue weighted by Crippen LogP contribution is -2.36. The van der Waals surface area contributed by atoms with Crippen molar-refractivity contribution < 1.29 is 19.1 Å². The molecule has 0 heterocycles. The molecule has 0 fully saturated rings. The quantitative estimate of drug-likeness (QED) is 0.448. The van der Waals surface area contributed by atoms with Crippen molar-refractivity contribution in [1.82, 2.24) is 5.32 Å². The highest BCUT2D eigenvalue weighted by Crippen LogP contribution is 2.16. The van der Waals surface area contributed by atoms with Gasteiger partial charge in [0.25, 0.3) is 0 Å². The minimum absolute atomic E-state index is 0.359. The molecule has 6 heteroatoms. The fraction of sp³-hybridized carbons (Fsp3) is 0.286. The SMILES string of the molecule is C=COCCCNC(=O)C(=O)Nc1cccc(OC)c1. The highest BCUT2D eigenvalue weighted by molar-refractivity contribution is 6.39. The first-order valence-corrected chi connectivity index (χ1v) is 6.13. The van der Waals surface area contributed by atoms with Crippen LogP contribution in [0.25, 0.3) is 0 Å². The van der Waals surface area contributed by atoms with Crippen molar-refractivity contribution in [3.63, 3.8) is 0 Å². The molecule has 108 valence electrons. The van der Waals surface area contributed by atoms with Crippen molar-refractivity contribution >= 4 is 17.5 Å². The van der Waals surface area contributed by atoms with E-state index in [0.717, 1.165) is 0 Å². The van der Waals surface area contributed by atoms with E-state index in [1.807, 2.05) is 0 Å². The standard InChI is InChI=1S/C14H18N2O4/c1-3-20-9-5-8-15-13(17)14(18)16-11-6-4-7-12(10-11)19-2/h3-4,6-7,10H,1,5,8-9H2,2H3,(H,15,17)(H,16,18). The lowest BCUT2D eigenvalue weighted by atomic mass is 10.3. The second kappa shape index (κ2) is 8.58. The minimum atomic E-state index is -0.720. The van der Waals surface area contributed by atoms with Crippen LogP contribution < -0.4 is 15.4 Å². The van der Waals surface area contributed by atoms with E-state index < -0.39 is 11.8 Å². The van der Waals surface area contributed by atoms with Crippen molar-refractivity contribution in [3.05, 3.63) is 37.1 Å². The summed E-state index contributed by atoms with van der Waals surface area (Å²) in [6.45, 7) is 4.20. The predicted molar refractivity (Wildman–Crippen MR) is 75.4 cm³/mol. The van der Waals surface area contributed by atoms with Crippen molar-refractivity contribution in [1.29, 1.82) is 0 Å². The van der Waals surface area contributed by atoms with Gasteiger partial charge in [-0.05, 0) is 18.6 Å². The highest BCUT2D eigenvalue weighted by Gasteiger charge is 2.13. The van der Waals surface area contributed by atoms with Gasteiger partial charge in [0, 0.05) is 18.3 Å². The molecule has 0 saturated heterocycles. The number of amides is 2. The summed E-state index contributed by atoms with van der Waals surface area (Å²) in [5, 5.41) is 4.98. The number of ether oxygens (including phenoxy) is 2. The summed E-state index contributed by atoms with van der Waals surface area (Å²) < 4.78 is 9.92. The van der Waals surface area contributed by atoms with Crippen LogP contribution in [0.1, 0.15) is 6.42 Å². The average Bonchev–Trinajstić information content (AvgIpc) is 2.47. The summed E-state index contributed by atoms with van der Waals surface area (Å²) >= 11 is 0. The topological polar surface area (TPSA) is 76.7 Å². The molecule has 0 aliphatic rings. The lowest BCUT2D eigenvalue weighted by molar-refractivity contribution is -0.136.